The zero-order valence-corrected chi connectivity index (χ0v) is 24.3. The van der Waals surface area contributed by atoms with Crippen molar-refractivity contribution in [1.29, 1.82) is 0 Å². The number of hydrogen-bond donors (Lipinski definition) is 1. The Morgan fingerprint density at radius 3 is 2.69 bits per heavy atom. The summed E-state index contributed by atoms with van der Waals surface area (Å²) in [5.74, 6) is 0.571. The standard InChI is InChI=1S/C27H32ClFN4O4S2/c1-36-20-8-7-19(25(13-20)37-2)17-33(27-30-9-12-38-27)39(34,35)26-14-21(28)23(15-22(26)29)31-16-18-5-3-10-32-11-4-6-24(18)32/h7-9,12-15,18,24,31H,3-6,10-11,16-17H2,1-2H3/t18-,24?/m0/s1. The van der Waals surface area contributed by atoms with E-state index in [9.17, 15) is 8.42 Å². The summed E-state index contributed by atoms with van der Waals surface area (Å²) in [5.41, 5.74) is 0.955. The number of sulfonamides is 1. The van der Waals surface area contributed by atoms with Gasteiger partial charge in [-0.3, -0.25) is 0 Å². The van der Waals surface area contributed by atoms with Crippen molar-refractivity contribution in [3.05, 3.63) is 58.3 Å². The van der Waals surface area contributed by atoms with Crippen LogP contribution in [0.25, 0.3) is 0 Å². The minimum Gasteiger partial charge on any atom is -0.497 e. The molecule has 2 aliphatic rings. The maximum Gasteiger partial charge on any atom is 0.269 e. The molecule has 0 saturated carbocycles. The molecule has 3 heterocycles. The highest BCUT2D eigenvalue weighted by Crippen LogP contribution is 2.36. The monoisotopic (exact) mass is 594 g/mol. The van der Waals surface area contributed by atoms with Crippen LogP contribution in [0.1, 0.15) is 31.2 Å². The topological polar surface area (TPSA) is 84.0 Å². The Morgan fingerprint density at radius 2 is 1.97 bits per heavy atom. The largest absolute Gasteiger partial charge is 0.497 e. The van der Waals surface area contributed by atoms with Gasteiger partial charge >= 0.3 is 0 Å². The van der Waals surface area contributed by atoms with E-state index in [-0.39, 0.29) is 16.7 Å². The molecule has 2 saturated heterocycles. The first-order valence-electron chi connectivity index (χ1n) is 12.9. The second-order valence-electron chi connectivity index (χ2n) is 9.80. The van der Waals surface area contributed by atoms with Crippen molar-refractivity contribution in [1.82, 2.24) is 9.88 Å². The number of hydrogen-bond acceptors (Lipinski definition) is 8. The van der Waals surface area contributed by atoms with Crippen LogP contribution in [0, 0.1) is 11.7 Å². The van der Waals surface area contributed by atoms with Crippen molar-refractivity contribution in [2.45, 2.75) is 43.2 Å². The first-order chi connectivity index (χ1) is 18.8. The lowest BCUT2D eigenvalue weighted by atomic mass is 9.89. The molecular weight excluding hydrogens is 563 g/mol. The minimum absolute atomic E-state index is 0.125. The van der Waals surface area contributed by atoms with Gasteiger partial charge in [0.25, 0.3) is 10.0 Å². The Bertz CT molecular complexity index is 1410. The van der Waals surface area contributed by atoms with Crippen molar-refractivity contribution in [2.24, 2.45) is 5.92 Å². The Balaban J connectivity index is 1.41. The lowest BCUT2D eigenvalue weighted by molar-refractivity contribution is 0.140. The summed E-state index contributed by atoms with van der Waals surface area (Å²) >= 11 is 7.67. The number of thiazole rings is 1. The molecule has 0 amide bonds. The summed E-state index contributed by atoms with van der Waals surface area (Å²) in [6.45, 7) is 2.82. The lowest BCUT2D eigenvalue weighted by Crippen LogP contribution is -2.43. The fourth-order valence-corrected chi connectivity index (χ4v) is 8.24. The molecule has 0 bridgehead atoms. The van der Waals surface area contributed by atoms with E-state index < -0.39 is 20.7 Å². The van der Waals surface area contributed by atoms with Crippen LogP contribution >= 0.6 is 22.9 Å². The highest BCUT2D eigenvalue weighted by molar-refractivity contribution is 7.93. The van der Waals surface area contributed by atoms with E-state index >= 15 is 4.39 Å². The lowest BCUT2D eigenvalue weighted by Gasteiger charge is -2.37. The smallest absolute Gasteiger partial charge is 0.269 e. The van der Waals surface area contributed by atoms with Crippen molar-refractivity contribution < 1.29 is 22.3 Å². The average molecular weight is 595 g/mol. The van der Waals surface area contributed by atoms with Crippen molar-refractivity contribution in [3.8, 4) is 11.5 Å². The van der Waals surface area contributed by atoms with Gasteiger partial charge in [0.05, 0.1) is 31.5 Å². The third-order valence-electron chi connectivity index (χ3n) is 7.56. The fraction of sp³-hybridized carbons (Fsp3) is 0.444. The number of ether oxygens (including phenoxy) is 2. The van der Waals surface area contributed by atoms with E-state index in [1.165, 1.54) is 45.4 Å². The Morgan fingerprint density at radius 1 is 1.18 bits per heavy atom. The van der Waals surface area contributed by atoms with Crippen LogP contribution in [0.15, 0.2) is 46.8 Å². The quantitative estimate of drug-likeness (QED) is 0.325. The van der Waals surface area contributed by atoms with Crippen LogP contribution in [0.2, 0.25) is 5.02 Å². The number of aromatic nitrogens is 1. The van der Waals surface area contributed by atoms with Gasteiger partial charge in [-0.2, -0.15) is 0 Å². The number of piperidine rings is 1. The molecule has 2 aromatic carbocycles. The minimum atomic E-state index is -4.38. The molecule has 2 fully saturated rings. The third kappa shape index (κ3) is 5.82. The highest BCUT2D eigenvalue weighted by Gasteiger charge is 2.35. The van der Waals surface area contributed by atoms with Gasteiger partial charge in [-0.15, -0.1) is 11.3 Å². The molecule has 2 aliphatic heterocycles. The van der Waals surface area contributed by atoms with Gasteiger partial charge in [0.1, 0.15) is 22.2 Å². The van der Waals surface area contributed by atoms with Gasteiger partial charge in [0, 0.05) is 35.8 Å². The van der Waals surface area contributed by atoms with E-state index in [0.29, 0.717) is 41.3 Å². The van der Waals surface area contributed by atoms with Gasteiger partial charge < -0.3 is 19.7 Å². The Labute approximate surface area is 237 Å². The highest BCUT2D eigenvalue weighted by atomic mass is 35.5. The molecule has 0 spiro atoms. The number of nitrogens with one attached hydrogen (secondary N) is 1. The number of fused-ring (bicyclic) bond motifs is 1. The molecule has 39 heavy (non-hydrogen) atoms. The zero-order valence-electron chi connectivity index (χ0n) is 21.9. The van der Waals surface area contributed by atoms with Crippen LogP contribution in [0.4, 0.5) is 15.2 Å². The van der Waals surface area contributed by atoms with Crippen molar-refractivity contribution >= 4 is 43.8 Å². The predicted octanol–water partition coefficient (Wildman–Crippen LogP) is 5.63. The molecule has 5 rings (SSSR count). The summed E-state index contributed by atoms with van der Waals surface area (Å²) in [5, 5.41) is 5.30. The van der Waals surface area contributed by atoms with Crippen LogP contribution in [-0.2, 0) is 16.6 Å². The first-order valence-corrected chi connectivity index (χ1v) is 15.6. The molecule has 0 aliphatic carbocycles. The SMILES string of the molecule is COc1ccc(CN(c2nccs2)S(=O)(=O)c2cc(Cl)c(NC[C@@H]3CCCN4CCCC34)cc2F)c(OC)c1. The van der Waals surface area contributed by atoms with Gasteiger partial charge in [-0.1, -0.05) is 11.6 Å². The zero-order chi connectivity index (χ0) is 27.6. The molecule has 1 unspecified atom stereocenters. The molecule has 210 valence electrons. The van der Waals surface area contributed by atoms with E-state index in [0.717, 1.165) is 41.6 Å². The first kappa shape index (κ1) is 27.9. The Hall–Kier alpha value is -2.60. The number of nitrogens with zero attached hydrogens (tertiary/aromatic N) is 3. The average Bonchev–Trinajstić information content (AvgIpc) is 3.64. The van der Waals surface area contributed by atoms with E-state index in [2.05, 4.69) is 15.2 Å². The van der Waals surface area contributed by atoms with Crippen molar-refractivity contribution in [2.75, 3.05) is 43.5 Å². The maximum atomic E-state index is 15.5. The number of rotatable bonds is 10. The van der Waals surface area contributed by atoms with Crippen LogP contribution in [0.3, 0.4) is 0 Å². The maximum absolute atomic E-state index is 15.5. The summed E-state index contributed by atoms with van der Waals surface area (Å²) in [6.07, 6.45) is 6.14. The Kier molecular flexibility index (Phi) is 8.51. The molecule has 0 radical (unpaired) electrons. The van der Waals surface area contributed by atoms with Gasteiger partial charge in [0.15, 0.2) is 5.13 Å². The molecular formula is C27H32ClFN4O4S2. The summed E-state index contributed by atoms with van der Waals surface area (Å²) in [6, 6.07) is 7.98. The molecule has 1 N–H and O–H groups in total. The second kappa shape index (κ2) is 11.9. The molecule has 8 nitrogen and oxygen atoms in total. The second-order valence-corrected chi connectivity index (χ2v) is 12.9. The third-order valence-corrected chi connectivity index (χ3v) is 10.5. The van der Waals surface area contributed by atoms with E-state index in [4.69, 9.17) is 21.1 Å². The number of halogens is 2. The van der Waals surface area contributed by atoms with Gasteiger partial charge in [0.2, 0.25) is 0 Å². The van der Waals surface area contributed by atoms with Crippen molar-refractivity contribution in [3.63, 3.8) is 0 Å². The summed E-state index contributed by atoms with van der Waals surface area (Å²) < 4.78 is 55.1. The van der Waals surface area contributed by atoms with Crippen LogP contribution < -0.4 is 19.1 Å². The molecule has 2 atom stereocenters. The number of methoxy groups -OCH3 is 2. The van der Waals surface area contributed by atoms with Gasteiger partial charge in [-0.25, -0.2) is 22.1 Å². The van der Waals surface area contributed by atoms with E-state index in [1.807, 2.05) is 0 Å². The molecule has 1 aromatic heterocycles. The summed E-state index contributed by atoms with van der Waals surface area (Å²) in [4.78, 5) is 6.23. The number of anilines is 2. The molecule has 3 aromatic rings. The predicted molar refractivity (Wildman–Crippen MR) is 152 cm³/mol. The fourth-order valence-electron chi connectivity index (χ4n) is 5.60. The normalized spacial score (nSPS) is 19.5. The molecule has 12 heteroatoms. The van der Waals surface area contributed by atoms with Gasteiger partial charge in [-0.05, 0) is 69.0 Å². The van der Waals surface area contributed by atoms with Crippen LogP contribution in [0.5, 0.6) is 11.5 Å². The summed E-state index contributed by atoms with van der Waals surface area (Å²) in [7, 11) is -1.36. The number of benzene rings is 2. The van der Waals surface area contributed by atoms with E-state index in [1.54, 1.807) is 23.6 Å². The van der Waals surface area contributed by atoms with Crippen LogP contribution in [-0.4, -0.2) is 58.2 Å².